The minimum Gasteiger partial charge on any atom is -0.347 e. The van der Waals surface area contributed by atoms with Crippen LogP contribution in [0.4, 0.5) is 0 Å². The Labute approximate surface area is 93.8 Å². The van der Waals surface area contributed by atoms with Gasteiger partial charge in [-0.2, -0.15) is 0 Å². The summed E-state index contributed by atoms with van der Waals surface area (Å²) in [5.74, 6) is 0.218. The predicted molar refractivity (Wildman–Crippen MR) is 58.4 cm³/mol. The number of carbonyl (C=O) groups excluding carboxylic acids is 2. The molecule has 0 saturated carbocycles. The van der Waals surface area contributed by atoms with E-state index in [1.807, 2.05) is 6.92 Å². The number of aromatic nitrogens is 2. The molecule has 2 amide bonds. The summed E-state index contributed by atoms with van der Waals surface area (Å²) in [7, 11) is 0. The van der Waals surface area contributed by atoms with E-state index in [9.17, 15) is 9.59 Å². The van der Waals surface area contributed by atoms with Crippen LogP contribution in [0.3, 0.4) is 0 Å². The third-order valence-electron chi connectivity index (χ3n) is 2.10. The van der Waals surface area contributed by atoms with E-state index in [2.05, 4.69) is 20.6 Å². The SMILES string of the molecule is CC(=O)NC(C)C(=O)NC(C)c1ncc[nH]1. The second-order valence-corrected chi connectivity index (χ2v) is 3.63. The van der Waals surface area contributed by atoms with Crippen molar-refractivity contribution in [2.75, 3.05) is 0 Å². The fourth-order valence-corrected chi connectivity index (χ4v) is 1.29. The second kappa shape index (κ2) is 5.29. The van der Waals surface area contributed by atoms with Gasteiger partial charge in [0.05, 0.1) is 6.04 Å². The van der Waals surface area contributed by atoms with Crippen molar-refractivity contribution in [3.8, 4) is 0 Å². The number of rotatable bonds is 4. The molecule has 0 aliphatic rings. The van der Waals surface area contributed by atoms with E-state index in [4.69, 9.17) is 0 Å². The molecule has 1 aromatic rings. The van der Waals surface area contributed by atoms with Gasteiger partial charge in [-0.05, 0) is 13.8 Å². The van der Waals surface area contributed by atoms with Crippen LogP contribution < -0.4 is 10.6 Å². The van der Waals surface area contributed by atoms with Crippen LogP contribution in [0.5, 0.6) is 0 Å². The Bertz CT molecular complexity index is 361. The summed E-state index contributed by atoms with van der Waals surface area (Å²) in [5.41, 5.74) is 0. The third-order valence-corrected chi connectivity index (χ3v) is 2.10. The third kappa shape index (κ3) is 3.38. The number of imidazole rings is 1. The van der Waals surface area contributed by atoms with Crippen molar-refractivity contribution in [1.82, 2.24) is 20.6 Å². The monoisotopic (exact) mass is 224 g/mol. The first-order chi connectivity index (χ1) is 7.50. The number of carbonyl (C=O) groups is 2. The van der Waals surface area contributed by atoms with Gasteiger partial charge in [-0.15, -0.1) is 0 Å². The van der Waals surface area contributed by atoms with Gasteiger partial charge in [-0.3, -0.25) is 9.59 Å². The zero-order valence-electron chi connectivity index (χ0n) is 9.57. The number of nitrogens with one attached hydrogen (secondary N) is 3. The number of hydrogen-bond donors (Lipinski definition) is 3. The highest BCUT2D eigenvalue weighted by atomic mass is 16.2. The number of nitrogens with zero attached hydrogens (tertiary/aromatic N) is 1. The molecule has 2 unspecified atom stereocenters. The topological polar surface area (TPSA) is 86.9 Å². The summed E-state index contributed by atoms with van der Waals surface area (Å²) in [4.78, 5) is 29.3. The standard InChI is InChI=1S/C10H16N4O2/c1-6(9-11-4-5-12-9)14-10(16)7(2)13-8(3)15/h4-7H,1-3H3,(H,11,12)(H,13,15)(H,14,16). The first-order valence-corrected chi connectivity index (χ1v) is 5.07. The Balaban J connectivity index is 2.48. The zero-order chi connectivity index (χ0) is 12.1. The van der Waals surface area contributed by atoms with Crippen molar-refractivity contribution in [3.63, 3.8) is 0 Å². The fourth-order valence-electron chi connectivity index (χ4n) is 1.29. The molecule has 1 heterocycles. The van der Waals surface area contributed by atoms with E-state index in [0.717, 1.165) is 0 Å². The van der Waals surface area contributed by atoms with E-state index in [0.29, 0.717) is 5.82 Å². The van der Waals surface area contributed by atoms with E-state index in [-0.39, 0.29) is 17.9 Å². The Hall–Kier alpha value is -1.85. The maximum atomic E-state index is 11.6. The molecule has 0 bridgehead atoms. The molecule has 1 aromatic heterocycles. The molecule has 3 N–H and O–H groups in total. The van der Waals surface area contributed by atoms with Crippen molar-refractivity contribution < 1.29 is 9.59 Å². The average Bonchev–Trinajstić information content (AvgIpc) is 2.68. The summed E-state index contributed by atoms with van der Waals surface area (Å²) in [6, 6.07) is -0.756. The number of H-pyrrole nitrogens is 1. The Morgan fingerprint density at radius 2 is 2.06 bits per heavy atom. The van der Waals surface area contributed by atoms with Gasteiger partial charge in [-0.25, -0.2) is 4.98 Å². The van der Waals surface area contributed by atoms with Crippen LogP contribution >= 0.6 is 0 Å². The van der Waals surface area contributed by atoms with Gasteiger partial charge in [-0.1, -0.05) is 0 Å². The van der Waals surface area contributed by atoms with Gasteiger partial charge in [0.15, 0.2) is 0 Å². The van der Waals surface area contributed by atoms with Gasteiger partial charge >= 0.3 is 0 Å². The highest BCUT2D eigenvalue weighted by Crippen LogP contribution is 2.05. The minimum atomic E-state index is -0.546. The van der Waals surface area contributed by atoms with Crippen LogP contribution in [0.15, 0.2) is 12.4 Å². The maximum absolute atomic E-state index is 11.6. The molecular formula is C10H16N4O2. The molecular weight excluding hydrogens is 208 g/mol. The molecule has 0 spiro atoms. The molecule has 0 saturated heterocycles. The van der Waals surface area contributed by atoms with Crippen molar-refractivity contribution in [2.45, 2.75) is 32.9 Å². The quantitative estimate of drug-likeness (QED) is 0.678. The Kier molecular flexibility index (Phi) is 4.04. The van der Waals surface area contributed by atoms with Gasteiger partial charge in [0.1, 0.15) is 11.9 Å². The van der Waals surface area contributed by atoms with Crippen LogP contribution in [0.2, 0.25) is 0 Å². The molecule has 1 rings (SSSR count). The predicted octanol–water partition coefficient (Wildman–Crippen LogP) is 0.111. The minimum absolute atomic E-state index is 0.210. The summed E-state index contributed by atoms with van der Waals surface area (Å²) >= 11 is 0. The van der Waals surface area contributed by atoms with Crippen molar-refractivity contribution >= 4 is 11.8 Å². The lowest BCUT2D eigenvalue weighted by Gasteiger charge is -2.16. The van der Waals surface area contributed by atoms with E-state index in [1.54, 1.807) is 19.3 Å². The van der Waals surface area contributed by atoms with Crippen LogP contribution in [-0.4, -0.2) is 27.8 Å². The molecule has 0 aliphatic heterocycles. The van der Waals surface area contributed by atoms with Crippen LogP contribution in [-0.2, 0) is 9.59 Å². The molecule has 6 nitrogen and oxygen atoms in total. The van der Waals surface area contributed by atoms with Gasteiger partial charge < -0.3 is 15.6 Å². The fraction of sp³-hybridized carbons (Fsp3) is 0.500. The van der Waals surface area contributed by atoms with Gasteiger partial charge in [0.25, 0.3) is 0 Å². The molecule has 0 fully saturated rings. The highest BCUT2D eigenvalue weighted by molar-refractivity contribution is 5.86. The molecule has 6 heteroatoms. The lowest BCUT2D eigenvalue weighted by molar-refractivity contribution is -0.128. The van der Waals surface area contributed by atoms with Crippen LogP contribution in [0.25, 0.3) is 0 Å². The number of hydrogen-bond acceptors (Lipinski definition) is 3. The summed E-state index contributed by atoms with van der Waals surface area (Å²) in [6.07, 6.45) is 3.31. The van der Waals surface area contributed by atoms with Crippen molar-refractivity contribution in [2.24, 2.45) is 0 Å². The molecule has 0 aromatic carbocycles. The van der Waals surface area contributed by atoms with Crippen molar-refractivity contribution in [3.05, 3.63) is 18.2 Å². The molecule has 0 aliphatic carbocycles. The van der Waals surface area contributed by atoms with E-state index < -0.39 is 6.04 Å². The second-order valence-electron chi connectivity index (χ2n) is 3.63. The number of aromatic amines is 1. The Morgan fingerprint density at radius 1 is 1.38 bits per heavy atom. The average molecular weight is 224 g/mol. The van der Waals surface area contributed by atoms with E-state index >= 15 is 0 Å². The molecule has 16 heavy (non-hydrogen) atoms. The normalized spacial score (nSPS) is 13.9. The first-order valence-electron chi connectivity index (χ1n) is 5.07. The summed E-state index contributed by atoms with van der Waals surface area (Å²) in [5, 5.41) is 5.25. The maximum Gasteiger partial charge on any atom is 0.242 e. The highest BCUT2D eigenvalue weighted by Gasteiger charge is 2.17. The van der Waals surface area contributed by atoms with Crippen LogP contribution in [0, 0.1) is 0 Å². The van der Waals surface area contributed by atoms with E-state index in [1.165, 1.54) is 6.92 Å². The van der Waals surface area contributed by atoms with Crippen molar-refractivity contribution in [1.29, 1.82) is 0 Å². The molecule has 88 valence electrons. The largest absolute Gasteiger partial charge is 0.347 e. The van der Waals surface area contributed by atoms with Gasteiger partial charge in [0, 0.05) is 19.3 Å². The Morgan fingerprint density at radius 3 is 2.56 bits per heavy atom. The zero-order valence-corrected chi connectivity index (χ0v) is 9.57. The molecule has 0 radical (unpaired) electrons. The summed E-state index contributed by atoms with van der Waals surface area (Å²) < 4.78 is 0. The first kappa shape index (κ1) is 12.2. The smallest absolute Gasteiger partial charge is 0.242 e. The summed E-state index contributed by atoms with van der Waals surface area (Å²) in [6.45, 7) is 4.82. The van der Waals surface area contributed by atoms with Gasteiger partial charge in [0.2, 0.25) is 11.8 Å². The van der Waals surface area contributed by atoms with Crippen LogP contribution in [0.1, 0.15) is 32.6 Å². The molecule has 2 atom stereocenters. The number of amides is 2. The lowest BCUT2D eigenvalue weighted by atomic mass is 10.2. The lowest BCUT2D eigenvalue weighted by Crippen LogP contribution is -2.44.